The molecule has 0 aromatic carbocycles. The predicted octanol–water partition coefficient (Wildman–Crippen LogP) is 3.65. The highest BCUT2D eigenvalue weighted by Gasteiger charge is 2.07. The highest BCUT2D eigenvalue weighted by molar-refractivity contribution is 6.30. The van der Waals surface area contributed by atoms with Crippen molar-refractivity contribution in [2.45, 2.75) is 27.0 Å². The van der Waals surface area contributed by atoms with Crippen LogP contribution < -0.4 is 10.1 Å². The van der Waals surface area contributed by atoms with E-state index in [4.69, 9.17) is 20.8 Å². The van der Waals surface area contributed by atoms with Gasteiger partial charge in [-0.05, 0) is 18.5 Å². The molecule has 2 rings (SSSR count). The number of nitrogens with one attached hydrogen (secondary N) is 1. The van der Waals surface area contributed by atoms with Crippen molar-refractivity contribution in [3.05, 3.63) is 47.1 Å². The van der Waals surface area contributed by atoms with Crippen LogP contribution in [-0.4, -0.2) is 11.5 Å². The summed E-state index contributed by atoms with van der Waals surface area (Å²) in [6.45, 7) is 6.45. The average molecular weight is 295 g/mol. The van der Waals surface area contributed by atoms with Gasteiger partial charge in [-0.3, -0.25) is 4.98 Å². The summed E-state index contributed by atoms with van der Waals surface area (Å²) in [4.78, 5) is 3.98. The van der Waals surface area contributed by atoms with E-state index >= 15 is 0 Å². The average Bonchev–Trinajstić information content (AvgIpc) is 2.84. The molecule has 0 saturated heterocycles. The molecule has 0 saturated carbocycles. The third-order valence-electron chi connectivity index (χ3n) is 2.75. The summed E-state index contributed by atoms with van der Waals surface area (Å²) in [7, 11) is 0. The fourth-order valence-corrected chi connectivity index (χ4v) is 1.92. The fraction of sp³-hybridized carbons (Fsp3) is 0.400. The first-order valence-electron chi connectivity index (χ1n) is 6.64. The molecule has 0 amide bonds. The molecule has 2 aromatic rings. The van der Waals surface area contributed by atoms with Gasteiger partial charge in [0.2, 0.25) is 0 Å². The first-order chi connectivity index (χ1) is 9.65. The number of halogens is 1. The van der Waals surface area contributed by atoms with Crippen LogP contribution in [0.15, 0.2) is 35.2 Å². The van der Waals surface area contributed by atoms with Crippen LogP contribution in [0, 0.1) is 5.92 Å². The van der Waals surface area contributed by atoms with E-state index in [-0.39, 0.29) is 0 Å². The standard InChI is InChI=1S/C15H19ClN2O2/c1-11(2)6-17-9-15-12(3-4-19-15)10-20-14-5-13(16)7-18-8-14/h3-5,7-8,11,17H,6,9-10H2,1-2H3. The summed E-state index contributed by atoms with van der Waals surface area (Å²) >= 11 is 5.86. The van der Waals surface area contributed by atoms with Crippen molar-refractivity contribution in [3.63, 3.8) is 0 Å². The van der Waals surface area contributed by atoms with E-state index in [1.54, 1.807) is 24.7 Å². The minimum absolute atomic E-state index is 0.442. The number of pyridine rings is 1. The molecular weight excluding hydrogens is 276 g/mol. The van der Waals surface area contributed by atoms with Crippen LogP contribution in [0.25, 0.3) is 0 Å². The van der Waals surface area contributed by atoms with Gasteiger partial charge in [0, 0.05) is 17.8 Å². The molecule has 20 heavy (non-hydrogen) atoms. The SMILES string of the molecule is CC(C)CNCc1occc1COc1cncc(Cl)c1. The first kappa shape index (κ1) is 14.9. The Kier molecular flexibility index (Phi) is 5.44. The Morgan fingerprint density at radius 2 is 2.25 bits per heavy atom. The lowest BCUT2D eigenvalue weighted by atomic mass is 10.2. The smallest absolute Gasteiger partial charge is 0.139 e. The molecule has 0 atom stereocenters. The van der Waals surface area contributed by atoms with Crippen LogP contribution in [0.5, 0.6) is 5.75 Å². The van der Waals surface area contributed by atoms with E-state index in [1.807, 2.05) is 6.07 Å². The summed E-state index contributed by atoms with van der Waals surface area (Å²) in [5, 5.41) is 3.92. The lowest BCUT2D eigenvalue weighted by Gasteiger charge is -2.08. The number of aromatic nitrogens is 1. The molecule has 0 aliphatic rings. The number of nitrogens with zero attached hydrogens (tertiary/aromatic N) is 1. The molecule has 0 aliphatic heterocycles. The molecule has 108 valence electrons. The van der Waals surface area contributed by atoms with Crippen molar-refractivity contribution in [3.8, 4) is 5.75 Å². The zero-order valence-electron chi connectivity index (χ0n) is 11.7. The Hall–Kier alpha value is -1.52. The number of hydrogen-bond donors (Lipinski definition) is 1. The molecular formula is C15H19ClN2O2. The van der Waals surface area contributed by atoms with Gasteiger partial charge in [0.15, 0.2) is 0 Å². The molecule has 0 fully saturated rings. The minimum atomic E-state index is 0.442. The van der Waals surface area contributed by atoms with E-state index in [0.29, 0.717) is 29.8 Å². The van der Waals surface area contributed by atoms with Crippen molar-refractivity contribution in [2.24, 2.45) is 5.92 Å². The summed E-state index contributed by atoms with van der Waals surface area (Å²) in [6, 6.07) is 3.66. The van der Waals surface area contributed by atoms with Crippen molar-refractivity contribution < 1.29 is 9.15 Å². The van der Waals surface area contributed by atoms with Crippen molar-refractivity contribution in [1.29, 1.82) is 0 Å². The first-order valence-corrected chi connectivity index (χ1v) is 7.02. The van der Waals surface area contributed by atoms with E-state index in [2.05, 4.69) is 24.1 Å². The second-order valence-corrected chi connectivity index (χ2v) is 5.46. The minimum Gasteiger partial charge on any atom is -0.487 e. The van der Waals surface area contributed by atoms with E-state index < -0.39 is 0 Å². The molecule has 4 nitrogen and oxygen atoms in total. The van der Waals surface area contributed by atoms with Crippen molar-refractivity contribution in [1.82, 2.24) is 10.3 Å². The van der Waals surface area contributed by atoms with Gasteiger partial charge in [0.1, 0.15) is 18.1 Å². The Labute approximate surface area is 124 Å². The molecule has 2 aromatic heterocycles. The summed E-state index contributed by atoms with van der Waals surface area (Å²) in [5.41, 5.74) is 1.03. The molecule has 0 aliphatic carbocycles. The summed E-state index contributed by atoms with van der Waals surface area (Å²) in [5.74, 6) is 2.17. The Morgan fingerprint density at radius 3 is 3.00 bits per heavy atom. The van der Waals surface area contributed by atoms with Crippen LogP contribution in [0.1, 0.15) is 25.2 Å². The van der Waals surface area contributed by atoms with Gasteiger partial charge >= 0.3 is 0 Å². The molecule has 2 heterocycles. The van der Waals surface area contributed by atoms with Crippen LogP contribution in [-0.2, 0) is 13.2 Å². The normalized spacial score (nSPS) is 11.0. The number of rotatable bonds is 7. The maximum Gasteiger partial charge on any atom is 0.139 e. The third-order valence-corrected chi connectivity index (χ3v) is 2.96. The third kappa shape index (κ3) is 4.54. The van der Waals surface area contributed by atoms with Gasteiger partial charge in [0.05, 0.1) is 24.0 Å². The van der Waals surface area contributed by atoms with Crippen LogP contribution in [0.3, 0.4) is 0 Å². The zero-order chi connectivity index (χ0) is 14.4. The zero-order valence-corrected chi connectivity index (χ0v) is 12.5. The largest absolute Gasteiger partial charge is 0.487 e. The van der Waals surface area contributed by atoms with Gasteiger partial charge < -0.3 is 14.5 Å². The number of furan rings is 1. The molecule has 0 unspecified atom stereocenters. The lowest BCUT2D eigenvalue weighted by Crippen LogP contribution is -2.19. The van der Waals surface area contributed by atoms with Crippen LogP contribution in [0.4, 0.5) is 0 Å². The molecule has 0 bridgehead atoms. The highest BCUT2D eigenvalue weighted by Crippen LogP contribution is 2.18. The Balaban J connectivity index is 1.88. The van der Waals surface area contributed by atoms with Crippen LogP contribution >= 0.6 is 11.6 Å². The maximum absolute atomic E-state index is 5.86. The highest BCUT2D eigenvalue weighted by atomic mass is 35.5. The second-order valence-electron chi connectivity index (χ2n) is 5.02. The molecule has 0 spiro atoms. The number of ether oxygens (including phenoxy) is 1. The van der Waals surface area contributed by atoms with Gasteiger partial charge in [-0.15, -0.1) is 0 Å². The molecule has 0 radical (unpaired) electrons. The van der Waals surface area contributed by atoms with Crippen molar-refractivity contribution in [2.75, 3.05) is 6.54 Å². The van der Waals surface area contributed by atoms with Gasteiger partial charge in [-0.25, -0.2) is 0 Å². The molecule has 5 heteroatoms. The molecule has 1 N–H and O–H groups in total. The Morgan fingerprint density at radius 1 is 1.40 bits per heavy atom. The monoisotopic (exact) mass is 294 g/mol. The van der Waals surface area contributed by atoms with E-state index in [9.17, 15) is 0 Å². The number of hydrogen-bond acceptors (Lipinski definition) is 4. The topological polar surface area (TPSA) is 47.3 Å². The Bertz CT molecular complexity index is 540. The maximum atomic E-state index is 5.86. The van der Waals surface area contributed by atoms with Gasteiger partial charge in [-0.2, -0.15) is 0 Å². The summed E-state index contributed by atoms with van der Waals surface area (Å²) in [6.07, 6.45) is 4.90. The lowest BCUT2D eigenvalue weighted by molar-refractivity contribution is 0.300. The predicted molar refractivity (Wildman–Crippen MR) is 78.8 cm³/mol. The van der Waals surface area contributed by atoms with Gasteiger partial charge in [-0.1, -0.05) is 25.4 Å². The van der Waals surface area contributed by atoms with E-state index in [0.717, 1.165) is 17.9 Å². The van der Waals surface area contributed by atoms with Gasteiger partial charge in [0.25, 0.3) is 0 Å². The van der Waals surface area contributed by atoms with Crippen molar-refractivity contribution >= 4 is 11.6 Å². The second kappa shape index (κ2) is 7.31. The van der Waals surface area contributed by atoms with E-state index in [1.165, 1.54) is 0 Å². The van der Waals surface area contributed by atoms with Crippen LogP contribution in [0.2, 0.25) is 5.02 Å². The fourth-order valence-electron chi connectivity index (χ4n) is 1.76. The quantitative estimate of drug-likeness (QED) is 0.847. The summed E-state index contributed by atoms with van der Waals surface area (Å²) < 4.78 is 11.1.